The van der Waals surface area contributed by atoms with E-state index in [1.807, 2.05) is 12.1 Å². The Balaban J connectivity index is 0.869. The minimum absolute atomic E-state index is 0.0104. The van der Waals surface area contributed by atoms with Gasteiger partial charge in [-0.05, 0) is 62.6 Å². The molecule has 1 unspecified atom stereocenters. The highest BCUT2D eigenvalue weighted by molar-refractivity contribution is 5.90. The second-order valence-corrected chi connectivity index (χ2v) is 15.5. The Morgan fingerprint density at radius 1 is 0.896 bits per heavy atom. The lowest BCUT2D eigenvalue weighted by Gasteiger charge is -2.62. The number of Topliss-reactive ketones (excluding diaryl/α,β-unsaturated/α-hetero) is 1. The van der Waals surface area contributed by atoms with E-state index < -0.39 is 23.3 Å². The molecule has 1 N–H and O–H groups in total. The van der Waals surface area contributed by atoms with Crippen LogP contribution in [-0.2, 0) is 26.1 Å². The van der Waals surface area contributed by atoms with Crippen molar-refractivity contribution in [1.82, 2.24) is 4.90 Å². The molecule has 3 fully saturated rings. The van der Waals surface area contributed by atoms with E-state index in [1.165, 1.54) is 103 Å². The van der Waals surface area contributed by atoms with Crippen molar-refractivity contribution < 1.29 is 33.6 Å². The lowest BCUT2D eigenvalue weighted by molar-refractivity contribution is -0.188. The molecule has 1 aromatic carbocycles. The fraction of sp³-hybridized carbons (Fsp3) is 0.800. The lowest BCUT2D eigenvalue weighted by Crippen LogP contribution is -2.76. The maximum atomic E-state index is 13.3. The number of carbonyl (C=O) groups excluding carboxylic acids is 2. The first-order chi connectivity index (χ1) is 23.5. The molecule has 0 aromatic heterocycles. The minimum Gasteiger partial charge on any atom is -0.477 e. The number of hydrogen-bond acceptors (Lipinski definition) is 8. The number of benzene rings is 1. The first kappa shape index (κ1) is 35.5. The molecular formula is C40H61NO7. The van der Waals surface area contributed by atoms with E-state index in [4.69, 9.17) is 18.9 Å². The highest BCUT2D eigenvalue weighted by Gasteiger charge is 2.73. The summed E-state index contributed by atoms with van der Waals surface area (Å²) in [5.74, 6) is 1.76. The number of piperidine rings is 1. The van der Waals surface area contributed by atoms with Crippen molar-refractivity contribution in [2.45, 2.75) is 171 Å². The first-order valence-electron chi connectivity index (χ1n) is 19.7. The summed E-state index contributed by atoms with van der Waals surface area (Å²) in [4.78, 5) is 28.0. The molecule has 5 aliphatic rings. The fourth-order valence-corrected chi connectivity index (χ4v) is 9.36. The van der Waals surface area contributed by atoms with Gasteiger partial charge in [0.25, 0.3) is 0 Å². The summed E-state index contributed by atoms with van der Waals surface area (Å²) in [6.07, 6.45) is 24.1. The molecule has 2 aliphatic heterocycles. The average Bonchev–Trinajstić information content (AvgIpc) is 3.83. The molecule has 0 radical (unpaired) electrons. The molecule has 4 atom stereocenters. The van der Waals surface area contributed by atoms with Crippen LogP contribution in [0.1, 0.15) is 153 Å². The lowest BCUT2D eigenvalue weighted by atomic mass is 9.49. The third-order valence-corrected chi connectivity index (χ3v) is 12.2. The van der Waals surface area contributed by atoms with E-state index in [-0.39, 0.29) is 18.6 Å². The van der Waals surface area contributed by atoms with Gasteiger partial charge in [-0.25, -0.2) is 4.79 Å². The van der Waals surface area contributed by atoms with Crippen LogP contribution in [0.2, 0.25) is 0 Å². The Morgan fingerprint density at radius 3 is 2.19 bits per heavy atom. The quantitative estimate of drug-likeness (QED) is 0.0747. The van der Waals surface area contributed by atoms with E-state index in [1.54, 1.807) is 0 Å². The average molecular weight is 668 g/mol. The largest absolute Gasteiger partial charge is 0.511 e. The van der Waals surface area contributed by atoms with Crippen LogP contribution >= 0.6 is 0 Å². The van der Waals surface area contributed by atoms with Gasteiger partial charge in [-0.1, -0.05) is 109 Å². The second kappa shape index (κ2) is 16.6. The summed E-state index contributed by atoms with van der Waals surface area (Å²) in [7, 11) is 0. The van der Waals surface area contributed by atoms with Crippen molar-refractivity contribution in [3.8, 4) is 11.5 Å². The number of aliphatic hydroxyl groups is 1. The molecule has 8 nitrogen and oxygen atoms in total. The molecule has 1 aromatic rings. The third kappa shape index (κ3) is 7.70. The van der Waals surface area contributed by atoms with Crippen LogP contribution in [0, 0.1) is 5.92 Å². The zero-order chi connectivity index (χ0) is 33.4. The summed E-state index contributed by atoms with van der Waals surface area (Å²) in [6, 6.07) is 3.89. The summed E-state index contributed by atoms with van der Waals surface area (Å²) in [5, 5.41) is 12.4. The van der Waals surface area contributed by atoms with Gasteiger partial charge in [-0.2, -0.15) is 0 Å². The van der Waals surface area contributed by atoms with Crippen molar-refractivity contribution >= 4 is 11.9 Å². The molecule has 0 amide bonds. The van der Waals surface area contributed by atoms with Gasteiger partial charge in [0.15, 0.2) is 23.4 Å². The van der Waals surface area contributed by atoms with Gasteiger partial charge in [0.2, 0.25) is 6.79 Å². The summed E-state index contributed by atoms with van der Waals surface area (Å²) >= 11 is 0. The van der Waals surface area contributed by atoms with Crippen LogP contribution in [0.15, 0.2) is 12.1 Å². The number of hydrogen-bond donors (Lipinski definition) is 1. The van der Waals surface area contributed by atoms with Gasteiger partial charge < -0.3 is 24.1 Å². The van der Waals surface area contributed by atoms with Crippen LogP contribution in [0.3, 0.4) is 0 Å². The number of likely N-dealkylation sites (tertiary alicyclic amines) is 1. The zero-order valence-electron chi connectivity index (χ0n) is 29.6. The topological polar surface area (TPSA) is 94.5 Å². The van der Waals surface area contributed by atoms with Crippen molar-refractivity contribution in [3.05, 3.63) is 23.3 Å². The monoisotopic (exact) mass is 667 g/mol. The summed E-state index contributed by atoms with van der Waals surface area (Å²) in [5.41, 5.74) is 0.308. The van der Waals surface area contributed by atoms with Gasteiger partial charge >= 0.3 is 6.16 Å². The number of carbonyl (C=O) groups is 2. The molecule has 1 saturated heterocycles. The van der Waals surface area contributed by atoms with Gasteiger partial charge in [-0.15, -0.1) is 0 Å². The Bertz CT molecular complexity index is 1230. The zero-order valence-corrected chi connectivity index (χ0v) is 29.6. The number of ketones is 1. The predicted molar refractivity (Wildman–Crippen MR) is 186 cm³/mol. The highest BCUT2D eigenvalue weighted by atomic mass is 16.8. The predicted octanol–water partition coefficient (Wildman–Crippen LogP) is 8.57. The van der Waals surface area contributed by atoms with Crippen LogP contribution in [0.25, 0.3) is 0 Å². The van der Waals surface area contributed by atoms with E-state index >= 15 is 0 Å². The molecule has 1 spiro atoms. The summed E-state index contributed by atoms with van der Waals surface area (Å²) < 4.78 is 22.8. The van der Waals surface area contributed by atoms with Gasteiger partial charge in [0.1, 0.15) is 0 Å². The molecule has 8 heteroatoms. The van der Waals surface area contributed by atoms with Crippen molar-refractivity contribution in [1.29, 1.82) is 0 Å². The molecule has 2 bridgehead atoms. The summed E-state index contributed by atoms with van der Waals surface area (Å²) in [6.45, 7) is 4.19. The van der Waals surface area contributed by atoms with Crippen LogP contribution in [0.5, 0.6) is 11.5 Å². The molecule has 2 saturated carbocycles. The second-order valence-electron chi connectivity index (χ2n) is 15.5. The number of ether oxygens (including phenoxy) is 4. The minimum atomic E-state index is -1.01. The van der Waals surface area contributed by atoms with Gasteiger partial charge in [-0.3, -0.25) is 9.69 Å². The van der Waals surface area contributed by atoms with Gasteiger partial charge in [0, 0.05) is 24.6 Å². The normalized spacial score (nSPS) is 27.0. The fourth-order valence-electron chi connectivity index (χ4n) is 9.36. The first-order valence-corrected chi connectivity index (χ1v) is 19.7. The van der Waals surface area contributed by atoms with Crippen LogP contribution < -0.4 is 9.47 Å². The SMILES string of the molecule is CCCCCCCCCCCCCCCCCCOC(=O)OCOc1ccc2c3c1O[C@H]1C(=O)CC[C@@]4(O)C(C2)N(CC2CC2)CC[C@]314. The molecule has 3 aliphatic carbocycles. The van der Waals surface area contributed by atoms with Crippen molar-refractivity contribution in [2.24, 2.45) is 5.92 Å². The number of rotatable bonds is 22. The van der Waals surface area contributed by atoms with E-state index in [0.29, 0.717) is 37.4 Å². The molecule has 2 heterocycles. The number of unbranched alkanes of at least 4 members (excludes halogenated alkanes) is 15. The van der Waals surface area contributed by atoms with Crippen LogP contribution in [0.4, 0.5) is 4.79 Å². The number of nitrogens with zero attached hydrogens (tertiary/aromatic N) is 1. The molecular weight excluding hydrogens is 606 g/mol. The third-order valence-electron chi connectivity index (χ3n) is 12.2. The Labute approximate surface area is 288 Å². The molecule has 48 heavy (non-hydrogen) atoms. The standard InChI is InChI=1S/C40H61NO7/c1-2-3-4-5-6-7-8-9-10-11-12-13-14-15-16-17-26-45-38(43)47-29-46-33-21-20-31-27-34-40(44)23-22-32(42)37-39(40,35(31)36(33)48-37)24-25-41(34)28-30-18-19-30/h20-21,30,34,37,44H,2-19,22-29H2,1H3/t34?,37-,39-,40+/m0/s1. The smallest absolute Gasteiger partial charge is 0.477 e. The van der Waals surface area contributed by atoms with E-state index in [0.717, 1.165) is 49.4 Å². The van der Waals surface area contributed by atoms with Crippen molar-refractivity contribution in [3.63, 3.8) is 0 Å². The Kier molecular flexibility index (Phi) is 12.3. The van der Waals surface area contributed by atoms with E-state index in [9.17, 15) is 14.7 Å². The Hall–Kier alpha value is -2.32. The molecule has 6 rings (SSSR count). The van der Waals surface area contributed by atoms with Gasteiger partial charge in [0.05, 0.1) is 17.6 Å². The Morgan fingerprint density at radius 2 is 1.54 bits per heavy atom. The highest BCUT2D eigenvalue weighted by Crippen LogP contribution is 2.65. The van der Waals surface area contributed by atoms with Crippen LogP contribution in [-0.4, -0.2) is 66.2 Å². The van der Waals surface area contributed by atoms with Crippen molar-refractivity contribution in [2.75, 3.05) is 26.5 Å². The maximum Gasteiger partial charge on any atom is 0.511 e. The molecule has 268 valence electrons. The van der Waals surface area contributed by atoms with E-state index in [2.05, 4.69) is 11.8 Å². The maximum absolute atomic E-state index is 13.3.